The lowest BCUT2D eigenvalue weighted by atomic mass is 9.90. The van der Waals surface area contributed by atoms with Crippen LogP contribution in [0.5, 0.6) is 23.0 Å². The van der Waals surface area contributed by atoms with Crippen LogP contribution in [0.15, 0.2) is 66.7 Å². The molecule has 1 aliphatic carbocycles. The minimum atomic E-state index is -3.70. The average Bonchev–Trinajstić information content (AvgIpc) is 3.61. The fourth-order valence-corrected chi connectivity index (χ4v) is 4.90. The number of carbonyl (C=O) groups excluding carboxylic acids is 1. The zero-order chi connectivity index (χ0) is 24.2. The highest BCUT2D eigenvalue weighted by Gasteiger charge is 2.53. The van der Waals surface area contributed by atoms with Crippen LogP contribution in [0.1, 0.15) is 48.1 Å². The fraction of sp³-hybridized carbons (Fsp3) is 0.296. The summed E-state index contributed by atoms with van der Waals surface area (Å²) < 4.78 is 47.7. The van der Waals surface area contributed by atoms with Crippen LogP contribution < -0.4 is 24.3 Å². The summed E-state index contributed by atoms with van der Waals surface area (Å²) in [7, 11) is 1.59. The molecule has 3 aromatic carbocycles. The first kappa shape index (κ1) is 21.7. The van der Waals surface area contributed by atoms with E-state index in [0.29, 0.717) is 36.3 Å². The third-order valence-electron chi connectivity index (χ3n) is 6.93. The number of fused-ring (bicyclic) bond motifs is 2. The van der Waals surface area contributed by atoms with Crippen molar-refractivity contribution in [3.8, 4) is 23.0 Å². The lowest BCUT2D eigenvalue weighted by molar-refractivity contribution is -0.286. The van der Waals surface area contributed by atoms with Gasteiger partial charge in [0.1, 0.15) is 17.6 Å². The van der Waals surface area contributed by atoms with Crippen LogP contribution in [0.4, 0.5) is 8.78 Å². The summed E-state index contributed by atoms with van der Waals surface area (Å²) in [6.07, 6.45) is -2.15. The number of nitrogens with one attached hydrogen (secondary N) is 1. The summed E-state index contributed by atoms with van der Waals surface area (Å²) >= 11 is 0. The van der Waals surface area contributed by atoms with Gasteiger partial charge >= 0.3 is 6.29 Å². The number of alkyl halides is 2. The molecule has 0 aromatic heterocycles. The lowest BCUT2D eigenvalue weighted by Gasteiger charge is -2.34. The Kier molecular flexibility index (Phi) is 4.88. The van der Waals surface area contributed by atoms with Crippen molar-refractivity contribution >= 4 is 5.91 Å². The smallest absolute Gasteiger partial charge is 0.497 e. The monoisotopic (exact) mass is 479 g/mol. The quantitative estimate of drug-likeness (QED) is 0.529. The van der Waals surface area contributed by atoms with Crippen LogP contribution in [0.3, 0.4) is 0 Å². The van der Waals surface area contributed by atoms with Gasteiger partial charge in [-0.25, -0.2) is 0 Å². The van der Waals surface area contributed by atoms with Crippen LogP contribution in [0.25, 0.3) is 0 Å². The normalized spacial score (nSPS) is 22.5. The second-order valence-corrected chi connectivity index (χ2v) is 9.09. The molecule has 0 saturated heterocycles. The number of hydrogen-bond acceptors (Lipinski definition) is 5. The van der Waals surface area contributed by atoms with Gasteiger partial charge in [-0.15, -0.1) is 8.78 Å². The molecule has 0 radical (unpaired) electrons. The fourth-order valence-electron chi connectivity index (χ4n) is 4.90. The highest BCUT2D eigenvalue weighted by atomic mass is 19.3. The molecule has 1 N–H and O–H groups in total. The van der Waals surface area contributed by atoms with Crippen molar-refractivity contribution in [1.29, 1.82) is 0 Å². The summed E-state index contributed by atoms with van der Waals surface area (Å²) in [5, 5.41) is 3.22. The maximum Gasteiger partial charge on any atom is 0.586 e. The van der Waals surface area contributed by atoms with Crippen LogP contribution in [-0.4, -0.2) is 19.3 Å². The molecule has 8 heteroatoms. The molecule has 1 fully saturated rings. The Hall–Kier alpha value is -3.81. The van der Waals surface area contributed by atoms with E-state index < -0.39 is 11.7 Å². The second-order valence-electron chi connectivity index (χ2n) is 9.09. The highest BCUT2D eigenvalue weighted by Crippen LogP contribution is 2.53. The molecule has 6 nitrogen and oxygen atoms in total. The number of hydrogen-bond donors (Lipinski definition) is 1. The second kappa shape index (κ2) is 7.86. The SMILES string of the molecule is COc1ccc2c(c1)OC(c1ccccc1)CC2NC(=O)C1(c2ccc3c(c2)OC(F)(F)O3)CC1. The third-order valence-corrected chi connectivity index (χ3v) is 6.93. The van der Waals surface area contributed by atoms with E-state index in [1.54, 1.807) is 13.2 Å². The molecule has 2 aliphatic heterocycles. The van der Waals surface area contributed by atoms with E-state index in [4.69, 9.17) is 9.47 Å². The molecule has 2 heterocycles. The third kappa shape index (κ3) is 3.83. The van der Waals surface area contributed by atoms with E-state index in [2.05, 4.69) is 14.8 Å². The first-order chi connectivity index (χ1) is 16.9. The molecule has 1 saturated carbocycles. The first-order valence-electron chi connectivity index (χ1n) is 11.5. The van der Waals surface area contributed by atoms with Crippen LogP contribution >= 0.6 is 0 Å². The molecule has 0 bridgehead atoms. The zero-order valence-corrected chi connectivity index (χ0v) is 18.9. The molecular formula is C27H23F2NO5. The average molecular weight is 479 g/mol. The van der Waals surface area contributed by atoms with Gasteiger partial charge in [0.25, 0.3) is 0 Å². The van der Waals surface area contributed by atoms with Crippen molar-refractivity contribution in [3.63, 3.8) is 0 Å². The Labute approximate surface area is 200 Å². The van der Waals surface area contributed by atoms with Gasteiger partial charge in [0.15, 0.2) is 11.5 Å². The number of ether oxygens (including phenoxy) is 4. The molecule has 3 aromatic rings. The Morgan fingerprint density at radius 2 is 1.74 bits per heavy atom. The summed E-state index contributed by atoms with van der Waals surface area (Å²) in [5.74, 6) is 1.08. The van der Waals surface area contributed by atoms with Crippen molar-refractivity contribution in [2.24, 2.45) is 0 Å². The van der Waals surface area contributed by atoms with Gasteiger partial charge in [0.05, 0.1) is 18.6 Å². The lowest BCUT2D eigenvalue weighted by Crippen LogP contribution is -2.39. The zero-order valence-electron chi connectivity index (χ0n) is 18.9. The van der Waals surface area contributed by atoms with Crippen molar-refractivity contribution in [3.05, 3.63) is 83.4 Å². The standard InChI is InChI=1S/C27H23F2NO5/c1-32-18-8-9-19-20(15-22(33-23(19)14-18)16-5-3-2-4-6-16)30-25(31)26(11-12-26)17-7-10-21-24(13-17)35-27(28,29)34-21/h2-10,13-14,20,22H,11-12,15H2,1H3,(H,30,31). The van der Waals surface area contributed by atoms with Gasteiger partial charge in [0, 0.05) is 18.1 Å². The van der Waals surface area contributed by atoms with E-state index in [1.807, 2.05) is 48.5 Å². The highest BCUT2D eigenvalue weighted by molar-refractivity contribution is 5.92. The molecule has 0 spiro atoms. The summed E-state index contributed by atoms with van der Waals surface area (Å²) in [6.45, 7) is 0. The molecule has 6 rings (SSSR count). The van der Waals surface area contributed by atoms with E-state index in [-0.39, 0.29) is 29.6 Å². The topological polar surface area (TPSA) is 66.0 Å². The molecule has 1 amide bonds. The summed E-state index contributed by atoms with van der Waals surface area (Å²) in [4.78, 5) is 13.6. The molecular weight excluding hydrogens is 456 g/mol. The number of methoxy groups -OCH3 is 1. The van der Waals surface area contributed by atoms with Gasteiger partial charge < -0.3 is 24.3 Å². The minimum Gasteiger partial charge on any atom is -0.497 e. The molecule has 2 unspecified atom stereocenters. The van der Waals surface area contributed by atoms with Gasteiger partial charge in [-0.3, -0.25) is 4.79 Å². The van der Waals surface area contributed by atoms with E-state index in [9.17, 15) is 13.6 Å². The summed E-state index contributed by atoms with van der Waals surface area (Å²) in [6, 6.07) is 19.7. The van der Waals surface area contributed by atoms with Crippen molar-refractivity contribution < 1.29 is 32.5 Å². The van der Waals surface area contributed by atoms with Gasteiger partial charge in [-0.1, -0.05) is 36.4 Å². The van der Waals surface area contributed by atoms with E-state index in [0.717, 1.165) is 11.1 Å². The van der Waals surface area contributed by atoms with Crippen LogP contribution in [-0.2, 0) is 10.2 Å². The van der Waals surface area contributed by atoms with Gasteiger partial charge in [-0.2, -0.15) is 0 Å². The van der Waals surface area contributed by atoms with Crippen molar-refractivity contribution in [1.82, 2.24) is 5.32 Å². The predicted molar refractivity (Wildman–Crippen MR) is 122 cm³/mol. The maximum absolute atomic E-state index is 13.6. The van der Waals surface area contributed by atoms with Crippen molar-refractivity contribution in [2.75, 3.05) is 7.11 Å². The first-order valence-corrected chi connectivity index (χ1v) is 11.5. The van der Waals surface area contributed by atoms with E-state index >= 15 is 0 Å². The number of halogens is 2. The van der Waals surface area contributed by atoms with Gasteiger partial charge in [0.2, 0.25) is 5.91 Å². The Morgan fingerprint density at radius 3 is 2.49 bits per heavy atom. The van der Waals surface area contributed by atoms with Gasteiger partial charge in [-0.05, 0) is 48.2 Å². The number of rotatable bonds is 5. The summed E-state index contributed by atoms with van der Waals surface area (Å²) in [5.41, 5.74) is 1.73. The molecule has 180 valence electrons. The van der Waals surface area contributed by atoms with Crippen LogP contribution in [0.2, 0.25) is 0 Å². The van der Waals surface area contributed by atoms with Crippen LogP contribution in [0, 0.1) is 0 Å². The number of carbonyl (C=O) groups is 1. The molecule has 3 aliphatic rings. The van der Waals surface area contributed by atoms with Crippen molar-refractivity contribution in [2.45, 2.75) is 43.1 Å². The molecule has 2 atom stereocenters. The minimum absolute atomic E-state index is 0.0343. The Balaban J connectivity index is 1.29. The number of benzene rings is 3. The Morgan fingerprint density at radius 1 is 0.971 bits per heavy atom. The predicted octanol–water partition coefficient (Wildman–Crippen LogP) is 5.43. The maximum atomic E-state index is 13.6. The van der Waals surface area contributed by atoms with E-state index in [1.165, 1.54) is 12.1 Å². The largest absolute Gasteiger partial charge is 0.586 e. The molecule has 35 heavy (non-hydrogen) atoms. The Bertz CT molecular complexity index is 1290. The number of amides is 1.